The monoisotopic (exact) mass is 817 g/mol. The first kappa shape index (κ1) is 39.8. The Kier molecular flexibility index (Phi) is 11.6. The number of carbonyl (C=O) groups is 3. The van der Waals surface area contributed by atoms with Gasteiger partial charge in [0.25, 0.3) is 5.91 Å². The molecule has 12 nitrogen and oxygen atoms in total. The summed E-state index contributed by atoms with van der Waals surface area (Å²) in [4.78, 5) is 56.8. The van der Waals surface area contributed by atoms with Crippen molar-refractivity contribution in [3.05, 3.63) is 47.5 Å². The number of fused-ring (bicyclic) bond motifs is 3. The number of benzene rings is 1. The van der Waals surface area contributed by atoms with Crippen LogP contribution in [0.1, 0.15) is 109 Å². The molecule has 2 saturated heterocycles. The minimum atomic E-state index is -3.93. The van der Waals surface area contributed by atoms with Crippen LogP contribution in [-0.4, -0.2) is 100 Å². The molecule has 2 aromatic heterocycles. The topological polar surface area (TPSA) is 139 Å². The van der Waals surface area contributed by atoms with Crippen LogP contribution < -0.4 is 9.47 Å². The molecule has 4 fully saturated rings. The van der Waals surface area contributed by atoms with Gasteiger partial charge < -0.3 is 19.3 Å². The Morgan fingerprint density at radius 3 is 2.49 bits per heavy atom. The molecular formula is C43H55N5O7S2. The number of allylic oxidation sites excluding steroid dienone is 1. The SMILES string of the molecule is COc1ccc2c(OC3CC4C(=O)N(S(=O)(=O)C5CC5)C5CC5C=CCCCCCC(CC(=O)N5CCCCC5)C(=O)N4C3)cc(-c3nc(C(C)C)cs3)nc2c1. The molecule has 0 radical (unpaired) electrons. The highest BCUT2D eigenvalue weighted by Gasteiger charge is 2.56. The molecular weight excluding hydrogens is 763 g/mol. The van der Waals surface area contributed by atoms with Crippen molar-refractivity contribution in [2.45, 2.75) is 127 Å². The van der Waals surface area contributed by atoms with Gasteiger partial charge in [-0.1, -0.05) is 38.8 Å². The van der Waals surface area contributed by atoms with Crippen LogP contribution in [0.25, 0.3) is 21.6 Å². The molecule has 5 heterocycles. The van der Waals surface area contributed by atoms with Gasteiger partial charge in [-0.05, 0) is 75.8 Å². The van der Waals surface area contributed by atoms with Gasteiger partial charge in [-0.3, -0.25) is 14.4 Å². The Labute approximate surface area is 340 Å². The Hall–Kier alpha value is -4.04. The Morgan fingerprint density at radius 2 is 1.75 bits per heavy atom. The molecule has 0 spiro atoms. The molecule has 57 heavy (non-hydrogen) atoms. The summed E-state index contributed by atoms with van der Waals surface area (Å²) in [5.41, 5.74) is 2.25. The normalized spacial score (nSPS) is 26.2. The predicted octanol–water partition coefficient (Wildman–Crippen LogP) is 7.09. The van der Waals surface area contributed by atoms with Crippen molar-refractivity contribution in [1.29, 1.82) is 0 Å². The lowest BCUT2D eigenvalue weighted by molar-refractivity contribution is -0.146. The predicted molar refractivity (Wildman–Crippen MR) is 219 cm³/mol. The fraction of sp³-hybridized carbons (Fsp3) is 0.605. The number of sulfonamides is 1. The summed E-state index contributed by atoms with van der Waals surface area (Å²) in [6.45, 7) is 5.65. The number of aromatic nitrogens is 2. The van der Waals surface area contributed by atoms with Crippen molar-refractivity contribution >= 4 is 50.0 Å². The van der Waals surface area contributed by atoms with Crippen LogP contribution in [0.2, 0.25) is 0 Å². The number of amides is 3. The fourth-order valence-corrected chi connectivity index (χ4v) is 11.7. The molecule has 5 unspecified atom stereocenters. The Balaban J connectivity index is 1.15. The number of hydrogen-bond donors (Lipinski definition) is 0. The van der Waals surface area contributed by atoms with Crippen molar-refractivity contribution in [2.24, 2.45) is 11.8 Å². The van der Waals surface area contributed by atoms with E-state index in [1.807, 2.05) is 34.5 Å². The number of ether oxygens (including phenoxy) is 2. The van der Waals surface area contributed by atoms with Gasteiger partial charge in [0, 0.05) is 60.7 Å². The molecule has 5 aliphatic rings. The maximum atomic E-state index is 14.9. The van der Waals surface area contributed by atoms with Gasteiger partial charge in [-0.15, -0.1) is 11.3 Å². The van der Waals surface area contributed by atoms with Gasteiger partial charge in [0.1, 0.15) is 34.3 Å². The Bertz CT molecular complexity index is 2130. The third kappa shape index (κ3) is 8.58. The van der Waals surface area contributed by atoms with E-state index in [9.17, 15) is 22.8 Å². The van der Waals surface area contributed by atoms with Crippen LogP contribution in [0.4, 0.5) is 0 Å². The van der Waals surface area contributed by atoms with Crippen LogP contribution >= 0.6 is 11.3 Å². The van der Waals surface area contributed by atoms with E-state index in [0.29, 0.717) is 61.5 Å². The number of hydrogen-bond acceptors (Lipinski definition) is 10. The van der Waals surface area contributed by atoms with Gasteiger partial charge in [0.05, 0.1) is 36.2 Å². The van der Waals surface area contributed by atoms with E-state index in [1.54, 1.807) is 12.0 Å². The highest BCUT2D eigenvalue weighted by molar-refractivity contribution is 7.90. The van der Waals surface area contributed by atoms with E-state index in [1.165, 1.54) is 11.3 Å². The molecule has 0 bridgehead atoms. The second-order valence-corrected chi connectivity index (χ2v) is 19.8. The molecule has 3 amide bonds. The molecule has 8 rings (SSSR count). The molecule has 3 aromatic rings. The van der Waals surface area contributed by atoms with Gasteiger partial charge in [0.2, 0.25) is 21.8 Å². The number of thiazole rings is 1. The van der Waals surface area contributed by atoms with E-state index in [0.717, 1.165) is 65.3 Å². The molecule has 0 N–H and O–H groups in total. The molecule has 14 heteroatoms. The largest absolute Gasteiger partial charge is 0.497 e. The maximum Gasteiger partial charge on any atom is 0.259 e. The minimum Gasteiger partial charge on any atom is -0.497 e. The number of nitrogens with zero attached hydrogens (tertiary/aromatic N) is 5. The molecule has 2 saturated carbocycles. The zero-order chi connectivity index (χ0) is 39.8. The molecule has 1 aromatic carbocycles. The number of likely N-dealkylation sites (tertiary alicyclic amines) is 1. The molecule has 2 aliphatic carbocycles. The van der Waals surface area contributed by atoms with Crippen molar-refractivity contribution in [1.82, 2.24) is 24.1 Å². The summed E-state index contributed by atoms with van der Waals surface area (Å²) >= 11 is 1.51. The first-order chi connectivity index (χ1) is 27.5. The van der Waals surface area contributed by atoms with Crippen LogP contribution in [-0.2, 0) is 24.4 Å². The number of pyridine rings is 1. The average molecular weight is 818 g/mol. The summed E-state index contributed by atoms with van der Waals surface area (Å²) < 4.78 is 41.7. The van der Waals surface area contributed by atoms with Crippen LogP contribution in [0.5, 0.6) is 11.5 Å². The summed E-state index contributed by atoms with van der Waals surface area (Å²) in [5.74, 6) is -0.129. The lowest BCUT2D eigenvalue weighted by Gasteiger charge is -2.33. The average Bonchev–Trinajstić information content (AvgIpc) is 4.11. The number of carbonyl (C=O) groups excluding carboxylic acids is 3. The van der Waals surface area contributed by atoms with Gasteiger partial charge in [-0.2, -0.15) is 0 Å². The van der Waals surface area contributed by atoms with Crippen molar-refractivity contribution in [2.75, 3.05) is 26.7 Å². The fourth-order valence-electron chi connectivity index (χ4n) is 8.68. The molecule has 5 atom stereocenters. The second kappa shape index (κ2) is 16.7. The van der Waals surface area contributed by atoms with Gasteiger partial charge in [-0.25, -0.2) is 22.7 Å². The number of piperidine rings is 1. The van der Waals surface area contributed by atoms with E-state index < -0.39 is 45.3 Å². The minimum absolute atomic E-state index is 0.0310. The van der Waals surface area contributed by atoms with Gasteiger partial charge >= 0.3 is 0 Å². The van der Waals surface area contributed by atoms with E-state index in [4.69, 9.17) is 19.4 Å². The van der Waals surface area contributed by atoms with Crippen LogP contribution in [0.3, 0.4) is 0 Å². The van der Waals surface area contributed by atoms with Crippen LogP contribution in [0, 0.1) is 11.8 Å². The highest BCUT2D eigenvalue weighted by Crippen LogP contribution is 2.45. The van der Waals surface area contributed by atoms with Gasteiger partial charge in [0.15, 0.2) is 0 Å². The molecule has 3 aliphatic heterocycles. The summed E-state index contributed by atoms with van der Waals surface area (Å²) in [5, 5.41) is 2.93. The van der Waals surface area contributed by atoms with Crippen molar-refractivity contribution in [3.8, 4) is 22.2 Å². The third-order valence-corrected chi connectivity index (χ3v) is 15.5. The van der Waals surface area contributed by atoms with E-state index in [2.05, 4.69) is 26.0 Å². The lowest BCUT2D eigenvalue weighted by Crippen LogP contribution is -2.53. The smallest absolute Gasteiger partial charge is 0.259 e. The first-order valence-corrected chi connectivity index (χ1v) is 23.3. The van der Waals surface area contributed by atoms with Crippen molar-refractivity contribution in [3.63, 3.8) is 0 Å². The summed E-state index contributed by atoms with van der Waals surface area (Å²) in [7, 11) is -2.33. The number of methoxy groups -OCH3 is 1. The first-order valence-electron chi connectivity index (χ1n) is 20.9. The van der Waals surface area contributed by atoms with Crippen molar-refractivity contribution < 1.29 is 32.3 Å². The second-order valence-electron chi connectivity index (χ2n) is 16.9. The summed E-state index contributed by atoms with van der Waals surface area (Å²) in [6.07, 6.45) is 12.4. The zero-order valence-electron chi connectivity index (χ0n) is 33.3. The standard InChI is InChI=1S/C43H55N5O7S2/c1-27(2)36-26-56-41(45-36)35-24-39(33-17-14-30(54-3)22-34(33)44-35)55-31-23-38-43(51)48(57(52,53)32-15-16-32)37-20-28(37)12-8-5-4-6-9-13-29(42(50)47(38)25-31)21-40(49)46-18-10-7-11-19-46/h8,12,14,17,22,24,26-29,31-32,37-38H,4-7,9-11,13,15-16,18-21,23,25H2,1-3H3. The Morgan fingerprint density at radius 1 is 0.965 bits per heavy atom. The number of rotatable bonds is 9. The maximum absolute atomic E-state index is 14.9. The van der Waals surface area contributed by atoms with E-state index in [-0.39, 0.29) is 43.0 Å². The third-order valence-electron chi connectivity index (χ3n) is 12.3. The molecule has 306 valence electrons. The quantitative estimate of drug-likeness (QED) is 0.207. The lowest BCUT2D eigenvalue weighted by atomic mass is 9.94. The highest BCUT2D eigenvalue weighted by atomic mass is 32.2. The van der Waals surface area contributed by atoms with Crippen LogP contribution in [0.15, 0.2) is 41.8 Å². The summed E-state index contributed by atoms with van der Waals surface area (Å²) in [6, 6.07) is 5.92. The van der Waals surface area contributed by atoms with E-state index >= 15 is 0 Å². The zero-order valence-corrected chi connectivity index (χ0v) is 34.9.